The Bertz CT molecular complexity index is 386. The molecule has 18 heavy (non-hydrogen) atoms. The molecule has 0 amide bonds. The normalized spacial score (nSPS) is 17.8. The minimum absolute atomic E-state index is 0.229. The summed E-state index contributed by atoms with van der Waals surface area (Å²) in [6.45, 7) is 4.46. The molecule has 2 nitrogen and oxygen atoms in total. The van der Waals surface area contributed by atoms with Gasteiger partial charge in [0.15, 0.2) is 0 Å². The molecular weight excluding hydrogens is 244 g/mol. The maximum atomic E-state index is 6.12. The van der Waals surface area contributed by atoms with Gasteiger partial charge in [-0.25, -0.2) is 0 Å². The van der Waals surface area contributed by atoms with Gasteiger partial charge in [-0.15, -0.1) is 0 Å². The molecule has 1 unspecified atom stereocenters. The summed E-state index contributed by atoms with van der Waals surface area (Å²) in [5.41, 5.74) is 8.73. The fourth-order valence-corrected chi connectivity index (χ4v) is 2.78. The van der Waals surface area contributed by atoms with Gasteiger partial charge >= 0.3 is 0 Å². The third-order valence-electron chi connectivity index (χ3n) is 3.74. The van der Waals surface area contributed by atoms with Gasteiger partial charge in [0.25, 0.3) is 0 Å². The van der Waals surface area contributed by atoms with Gasteiger partial charge in [0.2, 0.25) is 0 Å². The van der Waals surface area contributed by atoms with Crippen molar-refractivity contribution in [2.24, 2.45) is 5.73 Å². The van der Waals surface area contributed by atoms with Gasteiger partial charge < -0.3 is 10.6 Å². The molecule has 0 radical (unpaired) electrons. The number of piperidine rings is 1. The molecule has 1 aliphatic rings. The lowest BCUT2D eigenvalue weighted by Crippen LogP contribution is -2.31. The molecule has 1 fully saturated rings. The van der Waals surface area contributed by atoms with E-state index in [-0.39, 0.29) is 6.04 Å². The van der Waals surface area contributed by atoms with Crippen LogP contribution in [0.15, 0.2) is 18.2 Å². The van der Waals surface area contributed by atoms with Crippen LogP contribution in [0, 0.1) is 0 Å². The zero-order chi connectivity index (χ0) is 13.0. The molecule has 3 heteroatoms. The molecule has 100 valence electrons. The molecule has 1 saturated heterocycles. The Morgan fingerprint density at radius 3 is 2.67 bits per heavy atom. The van der Waals surface area contributed by atoms with Gasteiger partial charge in [-0.05, 0) is 55.9 Å². The summed E-state index contributed by atoms with van der Waals surface area (Å²) in [6, 6.07) is 6.46. The van der Waals surface area contributed by atoms with Crippen LogP contribution in [0.2, 0.25) is 5.02 Å². The smallest absolute Gasteiger partial charge is 0.0410 e. The van der Waals surface area contributed by atoms with Gasteiger partial charge in [0.05, 0.1) is 0 Å². The van der Waals surface area contributed by atoms with E-state index in [9.17, 15) is 0 Å². The van der Waals surface area contributed by atoms with E-state index in [1.807, 2.05) is 6.07 Å². The second-order valence-corrected chi connectivity index (χ2v) is 5.63. The second kappa shape index (κ2) is 6.44. The topological polar surface area (TPSA) is 29.3 Å². The molecule has 2 rings (SSSR count). The highest BCUT2D eigenvalue weighted by molar-refractivity contribution is 6.30. The SMILES string of the molecule is CCC(N)Cc1cc(Cl)ccc1N1CCCCC1. The van der Waals surface area contributed by atoms with E-state index >= 15 is 0 Å². The highest BCUT2D eigenvalue weighted by Crippen LogP contribution is 2.28. The van der Waals surface area contributed by atoms with Crippen LogP contribution in [0.3, 0.4) is 0 Å². The molecular formula is C15H23ClN2. The molecule has 0 aromatic heterocycles. The Labute approximate surface area is 115 Å². The van der Waals surface area contributed by atoms with Crippen LogP contribution in [-0.2, 0) is 6.42 Å². The zero-order valence-electron chi connectivity index (χ0n) is 11.2. The number of nitrogens with zero attached hydrogens (tertiary/aromatic N) is 1. The molecule has 1 atom stereocenters. The third-order valence-corrected chi connectivity index (χ3v) is 3.98. The molecule has 0 spiro atoms. The van der Waals surface area contributed by atoms with Gasteiger partial charge in [0.1, 0.15) is 0 Å². The lowest BCUT2D eigenvalue weighted by molar-refractivity contribution is 0.573. The largest absolute Gasteiger partial charge is 0.371 e. The molecule has 0 saturated carbocycles. The van der Waals surface area contributed by atoms with Crippen molar-refractivity contribution in [3.8, 4) is 0 Å². The van der Waals surface area contributed by atoms with E-state index in [2.05, 4.69) is 24.0 Å². The fourth-order valence-electron chi connectivity index (χ4n) is 2.59. The minimum Gasteiger partial charge on any atom is -0.371 e. The Kier molecular flexibility index (Phi) is 4.90. The number of halogens is 1. The van der Waals surface area contributed by atoms with Crippen LogP contribution in [-0.4, -0.2) is 19.1 Å². The first kappa shape index (κ1) is 13.7. The van der Waals surface area contributed by atoms with Crippen molar-refractivity contribution in [2.45, 2.75) is 45.1 Å². The second-order valence-electron chi connectivity index (χ2n) is 5.19. The van der Waals surface area contributed by atoms with Crippen molar-refractivity contribution in [3.05, 3.63) is 28.8 Å². The van der Waals surface area contributed by atoms with Crippen LogP contribution in [0.5, 0.6) is 0 Å². The molecule has 1 aromatic carbocycles. The highest BCUT2D eigenvalue weighted by Gasteiger charge is 2.15. The summed E-state index contributed by atoms with van der Waals surface area (Å²) in [5.74, 6) is 0. The number of hydrogen-bond donors (Lipinski definition) is 1. The first-order chi connectivity index (χ1) is 8.70. The van der Waals surface area contributed by atoms with Crippen LogP contribution < -0.4 is 10.6 Å². The van der Waals surface area contributed by atoms with Crippen molar-refractivity contribution in [1.29, 1.82) is 0 Å². The van der Waals surface area contributed by atoms with Gasteiger partial charge in [-0.3, -0.25) is 0 Å². The van der Waals surface area contributed by atoms with E-state index in [0.717, 1.165) is 31.0 Å². The first-order valence-electron chi connectivity index (χ1n) is 6.99. The number of nitrogens with two attached hydrogens (primary N) is 1. The predicted octanol–water partition coefficient (Wildman–Crippen LogP) is 3.61. The number of anilines is 1. The molecule has 1 heterocycles. The van der Waals surface area contributed by atoms with Gasteiger partial charge in [-0.1, -0.05) is 18.5 Å². The standard InChI is InChI=1S/C15H23ClN2/c1-2-14(17)11-12-10-13(16)6-7-15(12)18-8-4-3-5-9-18/h6-7,10,14H,2-5,8-9,11,17H2,1H3. The van der Waals surface area contributed by atoms with Gasteiger partial charge in [-0.2, -0.15) is 0 Å². The quantitative estimate of drug-likeness (QED) is 0.902. The molecule has 0 aliphatic carbocycles. The Morgan fingerprint density at radius 1 is 1.28 bits per heavy atom. The summed E-state index contributed by atoms with van der Waals surface area (Å²) >= 11 is 6.12. The minimum atomic E-state index is 0.229. The van der Waals surface area contributed by atoms with Crippen LogP contribution in [0.4, 0.5) is 5.69 Å². The van der Waals surface area contributed by atoms with E-state index in [0.29, 0.717) is 0 Å². The number of benzene rings is 1. The molecule has 1 aliphatic heterocycles. The Hall–Kier alpha value is -0.730. The maximum Gasteiger partial charge on any atom is 0.0410 e. The van der Waals surface area contributed by atoms with Crippen LogP contribution in [0.25, 0.3) is 0 Å². The fraction of sp³-hybridized carbons (Fsp3) is 0.600. The molecule has 2 N–H and O–H groups in total. The van der Waals surface area contributed by atoms with Gasteiger partial charge in [0, 0.05) is 29.8 Å². The zero-order valence-corrected chi connectivity index (χ0v) is 11.9. The lowest BCUT2D eigenvalue weighted by Gasteiger charge is -2.31. The van der Waals surface area contributed by atoms with Crippen molar-refractivity contribution in [2.75, 3.05) is 18.0 Å². The monoisotopic (exact) mass is 266 g/mol. The summed E-state index contributed by atoms with van der Waals surface area (Å²) in [6.07, 6.45) is 5.87. The van der Waals surface area contributed by atoms with Crippen molar-refractivity contribution >= 4 is 17.3 Å². The van der Waals surface area contributed by atoms with E-state index in [4.69, 9.17) is 17.3 Å². The predicted molar refractivity (Wildman–Crippen MR) is 79.5 cm³/mol. The number of rotatable bonds is 4. The average molecular weight is 267 g/mol. The van der Waals surface area contributed by atoms with E-state index < -0.39 is 0 Å². The van der Waals surface area contributed by atoms with Crippen molar-refractivity contribution in [3.63, 3.8) is 0 Å². The summed E-state index contributed by atoms with van der Waals surface area (Å²) in [7, 11) is 0. The van der Waals surface area contributed by atoms with E-state index in [1.54, 1.807) is 0 Å². The summed E-state index contributed by atoms with van der Waals surface area (Å²) in [5, 5.41) is 0.814. The van der Waals surface area contributed by atoms with E-state index in [1.165, 1.54) is 30.5 Å². The molecule has 0 bridgehead atoms. The van der Waals surface area contributed by atoms with Crippen LogP contribution >= 0.6 is 11.6 Å². The summed E-state index contributed by atoms with van der Waals surface area (Å²) < 4.78 is 0. The molecule has 1 aromatic rings. The number of hydrogen-bond acceptors (Lipinski definition) is 2. The third kappa shape index (κ3) is 3.39. The summed E-state index contributed by atoms with van der Waals surface area (Å²) in [4.78, 5) is 2.48. The van der Waals surface area contributed by atoms with Crippen molar-refractivity contribution < 1.29 is 0 Å². The highest BCUT2D eigenvalue weighted by atomic mass is 35.5. The average Bonchev–Trinajstić information content (AvgIpc) is 2.40. The Morgan fingerprint density at radius 2 is 2.00 bits per heavy atom. The Balaban J connectivity index is 2.21. The lowest BCUT2D eigenvalue weighted by atomic mass is 10.0. The van der Waals surface area contributed by atoms with Crippen molar-refractivity contribution in [1.82, 2.24) is 0 Å². The first-order valence-corrected chi connectivity index (χ1v) is 7.37. The van der Waals surface area contributed by atoms with Crippen LogP contribution in [0.1, 0.15) is 38.2 Å². The maximum absolute atomic E-state index is 6.12.